The van der Waals surface area contributed by atoms with Crippen LogP contribution in [-0.4, -0.2) is 9.66 Å². The maximum Gasteiger partial charge on any atom is 0.205 e. The van der Waals surface area contributed by atoms with Crippen molar-refractivity contribution in [2.75, 3.05) is 0 Å². The highest BCUT2D eigenvalue weighted by Gasteiger charge is 2.33. The predicted molar refractivity (Wildman–Crippen MR) is 71.8 cm³/mol. The number of benzene rings is 2. The third-order valence-electron chi connectivity index (χ3n) is 3.22. The van der Waals surface area contributed by atoms with Crippen LogP contribution in [0.15, 0.2) is 40.1 Å². The van der Waals surface area contributed by atoms with Crippen LogP contribution in [0.5, 0.6) is 5.75 Å². The van der Waals surface area contributed by atoms with Crippen LogP contribution < -0.4 is 0 Å². The number of phenolic OH excluding ortho intramolecular Hbond substituents is 1. The molecule has 4 heteroatoms. The fourth-order valence-electron chi connectivity index (χ4n) is 2.27. The summed E-state index contributed by atoms with van der Waals surface area (Å²) in [6, 6.07) is 9.29. The monoisotopic (exact) mass is 278 g/mol. The van der Waals surface area contributed by atoms with E-state index in [2.05, 4.69) is 0 Å². The van der Waals surface area contributed by atoms with Crippen molar-refractivity contribution in [3.63, 3.8) is 0 Å². The van der Waals surface area contributed by atoms with E-state index in [0.29, 0.717) is 21.9 Å². The summed E-state index contributed by atoms with van der Waals surface area (Å²) in [4.78, 5) is 1.24. The lowest BCUT2D eigenvalue weighted by molar-refractivity contribution is 0.452. The number of aryl methyl sites for hydroxylation is 1. The maximum atomic E-state index is 12.5. The van der Waals surface area contributed by atoms with Crippen molar-refractivity contribution in [2.45, 2.75) is 23.1 Å². The first-order valence-corrected chi connectivity index (χ1v) is 7.13. The van der Waals surface area contributed by atoms with E-state index in [-0.39, 0.29) is 5.75 Å². The zero-order chi connectivity index (χ0) is 12.9. The van der Waals surface area contributed by atoms with E-state index in [4.69, 9.17) is 11.6 Å². The molecule has 0 aromatic heterocycles. The fourth-order valence-corrected chi connectivity index (χ4v) is 4.20. The van der Waals surface area contributed by atoms with Gasteiger partial charge in [0.2, 0.25) is 4.90 Å². The van der Waals surface area contributed by atoms with Gasteiger partial charge in [0.15, 0.2) is 10.6 Å². The SMILES string of the molecule is Cc1cc(Cl)c2c(c1O)[S+]([O-])c1ccccc1C2. The number of aromatic hydroxyl groups is 1. The van der Waals surface area contributed by atoms with Crippen LogP contribution in [0.2, 0.25) is 5.02 Å². The molecule has 2 aromatic carbocycles. The standard InChI is InChI=1S/C14H11ClO2S/c1-8-6-11(15)10-7-9-4-2-3-5-12(9)18(17)14(10)13(8)16/h2-6,16H,7H2,1H3. The Morgan fingerprint density at radius 3 is 2.83 bits per heavy atom. The van der Waals surface area contributed by atoms with Crippen LogP contribution in [0.3, 0.4) is 0 Å². The zero-order valence-corrected chi connectivity index (χ0v) is 11.3. The molecule has 0 spiro atoms. The lowest BCUT2D eigenvalue weighted by Crippen LogP contribution is -2.15. The van der Waals surface area contributed by atoms with Gasteiger partial charge >= 0.3 is 0 Å². The van der Waals surface area contributed by atoms with Crippen molar-refractivity contribution in [1.82, 2.24) is 0 Å². The highest BCUT2D eigenvalue weighted by Crippen LogP contribution is 2.43. The lowest BCUT2D eigenvalue weighted by Gasteiger charge is -2.23. The van der Waals surface area contributed by atoms with Crippen LogP contribution in [0.1, 0.15) is 16.7 Å². The maximum absolute atomic E-state index is 12.5. The van der Waals surface area contributed by atoms with Crippen molar-refractivity contribution in [3.05, 3.63) is 52.0 Å². The van der Waals surface area contributed by atoms with Crippen LogP contribution in [0, 0.1) is 6.92 Å². The number of halogens is 1. The molecule has 3 rings (SSSR count). The molecule has 2 nitrogen and oxygen atoms in total. The molecule has 1 N–H and O–H groups in total. The van der Waals surface area contributed by atoms with E-state index < -0.39 is 11.2 Å². The molecule has 2 aromatic rings. The number of rotatable bonds is 0. The average molecular weight is 279 g/mol. The van der Waals surface area contributed by atoms with Gasteiger partial charge in [0.1, 0.15) is 0 Å². The Labute approximate surface area is 113 Å². The van der Waals surface area contributed by atoms with Crippen LogP contribution >= 0.6 is 11.6 Å². The van der Waals surface area contributed by atoms with Gasteiger partial charge in [-0.3, -0.25) is 0 Å². The molecule has 0 bridgehead atoms. The van der Waals surface area contributed by atoms with E-state index in [1.54, 1.807) is 13.0 Å². The van der Waals surface area contributed by atoms with Gasteiger partial charge < -0.3 is 9.66 Å². The first kappa shape index (κ1) is 11.9. The normalized spacial score (nSPS) is 17.2. The van der Waals surface area contributed by atoms with Gasteiger partial charge in [0, 0.05) is 33.7 Å². The molecular weight excluding hydrogens is 268 g/mol. The Bertz CT molecular complexity index is 640. The Kier molecular flexibility index (Phi) is 2.77. The topological polar surface area (TPSA) is 43.3 Å². The molecule has 1 aliphatic heterocycles. The number of phenols is 1. The van der Waals surface area contributed by atoms with Gasteiger partial charge in [0.25, 0.3) is 0 Å². The summed E-state index contributed by atoms with van der Waals surface area (Å²) in [5.41, 5.74) is 2.44. The summed E-state index contributed by atoms with van der Waals surface area (Å²) in [6.45, 7) is 1.76. The van der Waals surface area contributed by atoms with Gasteiger partial charge in [-0.05, 0) is 24.6 Å². The molecule has 18 heavy (non-hydrogen) atoms. The Hall–Kier alpha value is -1.16. The smallest absolute Gasteiger partial charge is 0.205 e. The molecule has 0 aliphatic carbocycles. The number of fused-ring (bicyclic) bond motifs is 2. The zero-order valence-electron chi connectivity index (χ0n) is 9.74. The minimum Gasteiger partial charge on any atom is -0.606 e. The molecule has 1 unspecified atom stereocenters. The second-order valence-corrected chi connectivity index (χ2v) is 6.18. The van der Waals surface area contributed by atoms with E-state index in [9.17, 15) is 9.66 Å². The summed E-state index contributed by atoms with van der Waals surface area (Å²) in [5, 5.41) is 10.7. The van der Waals surface area contributed by atoms with Gasteiger partial charge in [-0.25, -0.2) is 0 Å². The van der Waals surface area contributed by atoms with Gasteiger partial charge in [-0.1, -0.05) is 29.8 Å². The summed E-state index contributed by atoms with van der Waals surface area (Å²) in [6.07, 6.45) is 0.615. The summed E-state index contributed by atoms with van der Waals surface area (Å²) >= 11 is 4.85. The molecule has 0 amide bonds. The number of hydrogen-bond donors (Lipinski definition) is 1. The second-order valence-electron chi connectivity index (χ2n) is 4.38. The largest absolute Gasteiger partial charge is 0.606 e. The molecule has 0 saturated carbocycles. The fraction of sp³-hybridized carbons (Fsp3) is 0.143. The van der Waals surface area contributed by atoms with Crippen LogP contribution in [0.4, 0.5) is 0 Å². The molecule has 0 fully saturated rings. The Balaban J connectivity index is 2.29. The Morgan fingerprint density at radius 1 is 1.33 bits per heavy atom. The lowest BCUT2D eigenvalue weighted by atomic mass is 10.0. The van der Waals surface area contributed by atoms with Crippen molar-refractivity contribution in [1.29, 1.82) is 0 Å². The van der Waals surface area contributed by atoms with E-state index in [1.165, 1.54) is 0 Å². The summed E-state index contributed by atoms with van der Waals surface area (Å²) in [5.74, 6) is 0.0993. The van der Waals surface area contributed by atoms with Crippen molar-refractivity contribution < 1.29 is 9.66 Å². The van der Waals surface area contributed by atoms with Crippen LogP contribution in [-0.2, 0) is 17.6 Å². The average Bonchev–Trinajstić information content (AvgIpc) is 2.36. The molecule has 92 valence electrons. The van der Waals surface area contributed by atoms with E-state index in [1.807, 2.05) is 24.3 Å². The van der Waals surface area contributed by atoms with Gasteiger partial charge in [0.05, 0.1) is 0 Å². The minimum atomic E-state index is -1.36. The van der Waals surface area contributed by atoms with Gasteiger partial charge in [-0.2, -0.15) is 0 Å². The summed E-state index contributed by atoms with van der Waals surface area (Å²) in [7, 11) is 0. The highest BCUT2D eigenvalue weighted by molar-refractivity contribution is 7.91. The third-order valence-corrected chi connectivity index (χ3v) is 5.16. The Morgan fingerprint density at radius 2 is 2.06 bits per heavy atom. The molecule has 1 atom stereocenters. The quantitative estimate of drug-likeness (QED) is 0.750. The number of hydrogen-bond acceptors (Lipinski definition) is 2. The highest BCUT2D eigenvalue weighted by atomic mass is 35.5. The molecule has 1 heterocycles. The first-order chi connectivity index (χ1) is 8.59. The van der Waals surface area contributed by atoms with Crippen molar-refractivity contribution in [2.24, 2.45) is 0 Å². The summed E-state index contributed by atoms with van der Waals surface area (Å²) < 4.78 is 12.5. The first-order valence-electron chi connectivity index (χ1n) is 5.60. The van der Waals surface area contributed by atoms with Crippen LogP contribution in [0.25, 0.3) is 0 Å². The molecule has 1 aliphatic rings. The molecular formula is C14H11ClO2S. The van der Waals surface area contributed by atoms with E-state index in [0.717, 1.165) is 16.0 Å². The third kappa shape index (κ3) is 1.62. The second kappa shape index (κ2) is 4.19. The van der Waals surface area contributed by atoms with Crippen molar-refractivity contribution in [3.8, 4) is 5.75 Å². The van der Waals surface area contributed by atoms with E-state index >= 15 is 0 Å². The predicted octanol–water partition coefficient (Wildman–Crippen LogP) is 3.42. The van der Waals surface area contributed by atoms with Crippen molar-refractivity contribution >= 4 is 22.8 Å². The van der Waals surface area contributed by atoms with Gasteiger partial charge in [-0.15, -0.1) is 0 Å². The molecule has 0 saturated heterocycles. The minimum absolute atomic E-state index is 0.0993. The molecule has 0 radical (unpaired) electrons.